The van der Waals surface area contributed by atoms with Gasteiger partial charge in [-0.2, -0.15) is 22.7 Å². The fraction of sp³-hybridized carbons (Fsp3) is 0.533. The maximum absolute atomic E-state index is 13.4. The highest BCUT2D eigenvalue weighted by Gasteiger charge is 2.40. The van der Waals surface area contributed by atoms with Crippen LogP contribution in [0.3, 0.4) is 0 Å². The number of piperazine rings is 1. The normalized spacial score (nSPS) is 16.1. The molecule has 27 heavy (non-hydrogen) atoms. The van der Waals surface area contributed by atoms with Gasteiger partial charge < -0.3 is 9.64 Å². The maximum Gasteiger partial charge on any atom is 0.434 e. The molecule has 8 nitrogen and oxygen atoms in total. The number of carbonyl (C=O) groups is 1. The molecule has 12 heteroatoms. The Morgan fingerprint density at radius 3 is 2.37 bits per heavy atom. The van der Waals surface area contributed by atoms with Crippen LogP contribution in [0.25, 0.3) is 0 Å². The summed E-state index contributed by atoms with van der Waals surface area (Å²) >= 11 is 0. The predicted molar refractivity (Wildman–Crippen MR) is 88.5 cm³/mol. The number of sulfonamides is 1. The molecule has 1 aromatic heterocycles. The van der Waals surface area contributed by atoms with Gasteiger partial charge in [0, 0.05) is 26.2 Å². The number of rotatable bonds is 4. The Balaban J connectivity index is 2.46. The molecule has 0 aliphatic carbocycles. The van der Waals surface area contributed by atoms with Gasteiger partial charge in [0.2, 0.25) is 10.0 Å². The third-order valence-corrected chi connectivity index (χ3v) is 5.20. The minimum Gasteiger partial charge on any atom is -0.462 e. The van der Waals surface area contributed by atoms with E-state index in [1.54, 1.807) is 6.07 Å². The fourth-order valence-electron chi connectivity index (χ4n) is 2.64. The van der Waals surface area contributed by atoms with Gasteiger partial charge in [-0.25, -0.2) is 18.2 Å². The first-order valence-electron chi connectivity index (χ1n) is 7.88. The molecule has 148 valence electrons. The van der Waals surface area contributed by atoms with E-state index in [1.807, 2.05) is 0 Å². The summed E-state index contributed by atoms with van der Waals surface area (Å²) in [5.41, 5.74) is -2.50. The molecule has 2 heterocycles. The topological polar surface area (TPSA) is 104 Å². The van der Waals surface area contributed by atoms with E-state index in [9.17, 15) is 31.6 Å². The van der Waals surface area contributed by atoms with Crippen LogP contribution < -0.4 is 4.90 Å². The van der Waals surface area contributed by atoms with E-state index >= 15 is 0 Å². The quantitative estimate of drug-likeness (QED) is 0.693. The Morgan fingerprint density at radius 2 is 1.93 bits per heavy atom. The van der Waals surface area contributed by atoms with E-state index in [1.165, 1.54) is 16.1 Å². The molecule has 0 radical (unpaired) electrons. The van der Waals surface area contributed by atoms with E-state index in [-0.39, 0.29) is 44.2 Å². The molecule has 1 aliphatic rings. The second-order valence-corrected chi connectivity index (χ2v) is 7.72. The average Bonchev–Trinajstić information content (AvgIpc) is 2.59. The van der Waals surface area contributed by atoms with Crippen LogP contribution in [-0.2, 0) is 20.9 Å². The number of halogens is 3. The summed E-state index contributed by atoms with van der Waals surface area (Å²) in [6, 6.07) is 2.55. The second kappa shape index (κ2) is 7.69. The van der Waals surface area contributed by atoms with Gasteiger partial charge in [0.05, 0.1) is 24.0 Å². The molecule has 0 saturated carbocycles. The minimum absolute atomic E-state index is 0.0480. The smallest absolute Gasteiger partial charge is 0.434 e. The first kappa shape index (κ1) is 20.9. The Kier molecular flexibility index (Phi) is 5.96. The largest absolute Gasteiger partial charge is 0.462 e. The van der Waals surface area contributed by atoms with Crippen LogP contribution in [0.5, 0.6) is 0 Å². The van der Waals surface area contributed by atoms with Crippen LogP contribution in [-0.4, -0.2) is 62.7 Å². The first-order chi connectivity index (χ1) is 12.5. The highest BCUT2D eigenvalue weighted by Crippen LogP contribution is 2.34. The number of carbonyl (C=O) groups excluding carboxylic acids is 1. The number of ether oxygens (including phenoxy) is 1. The number of nitriles is 1. The highest BCUT2D eigenvalue weighted by molar-refractivity contribution is 7.88. The number of alkyl halides is 3. The molecule has 1 saturated heterocycles. The van der Waals surface area contributed by atoms with Gasteiger partial charge in [-0.1, -0.05) is 0 Å². The summed E-state index contributed by atoms with van der Waals surface area (Å²) in [7, 11) is -3.42. The van der Waals surface area contributed by atoms with Crippen molar-refractivity contribution in [2.45, 2.75) is 13.1 Å². The predicted octanol–water partition coefficient (Wildman–Crippen LogP) is 1.23. The summed E-state index contributed by atoms with van der Waals surface area (Å²) in [4.78, 5) is 16.8. The van der Waals surface area contributed by atoms with Crippen molar-refractivity contribution in [3.8, 4) is 6.07 Å². The molecule has 0 N–H and O–H groups in total. The summed E-state index contributed by atoms with van der Waals surface area (Å²) < 4.78 is 69.1. The van der Waals surface area contributed by atoms with Crippen LogP contribution in [0, 0.1) is 11.3 Å². The summed E-state index contributed by atoms with van der Waals surface area (Å²) in [5.74, 6) is -1.46. The van der Waals surface area contributed by atoms with Crippen molar-refractivity contribution in [3.63, 3.8) is 0 Å². The Bertz CT molecular complexity index is 872. The lowest BCUT2D eigenvalue weighted by Gasteiger charge is -2.34. The summed E-state index contributed by atoms with van der Waals surface area (Å²) in [6.45, 7) is 1.53. The van der Waals surface area contributed by atoms with Crippen LogP contribution >= 0.6 is 0 Å². The molecular formula is C15H17F3N4O4S. The van der Waals surface area contributed by atoms with E-state index in [0.29, 0.717) is 0 Å². The third kappa shape index (κ3) is 4.67. The molecule has 0 aromatic carbocycles. The van der Waals surface area contributed by atoms with Gasteiger partial charge in [-0.05, 0) is 13.0 Å². The molecule has 2 rings (SSSR count). The Morgan fingerprint density at radius 1 is 1.33 bits per heavy atom. The first-order valence-corrected chi connectivity index (χ1v) is 9.73. The lowest BCUT2D eigenvalue weighted by Crippen LogP contribution is -2.49. The number of esters is 1. The van der Waals surface area contributed by atoms with Gasteiger partial charge in [-0.15, -0.1) is 0 Å². The standard InChI is InChI=1S/C15H17F3N4O4S/c1-3-26-14(23)11-8-10(9-19)13(20-12(11)15(16,17)18)21-4-6-22(7-5-21)27(2,24)25/h8H,3-7H2,1-2H3. The van der Waals surface area contributed by atoms with E-state index < -0.39 is 33.4 Å². The molecular weight excluding hydrogens is 389 g/mol. The van der Waals surface area contributed by atoms with E-state index in [2.05, 4.69) is 9.72 Å². The molecule has 1 aliphatic heterocycles. The van der Waals surface area contributed by atoms with Crippen LogP contribution in [0.4, 0.5) is 19.0 Å². The number of pyridine rings is 1. The molecule has 1 aromatic rings. The van der Waals surface area contributed by atoms with Crippen LogP contribution in [0.15, 0.2) is 6.07 Å². The fourth-order valence-corrected chi connectivity index (χ4v) is 3.47. The zero-order valence-corrected chi connectivity index (χ0v) is 15.4. The molecule has 0 unspecified atom stereocenters. The minimum atomic E-state index is -4.93. The molecule has 0 amide bonds. The van der Waals surface area contributed by atoms with Crippen molar-refractivity contribution in [2.24, 2.45) is 0 Å². The van der Waals surface area contributed by atoms with Gasteiger partial charge in [0.25, 0.3) is 0 Å². The third-order valence-electron chi connectivity index (χ3n) is 3.89. The van der Waals surface area contributed by atoms with Crippen molar-refractivity contribution >= 4 is 21.8 Å². The van der Waals surface area contributed by atoms with Crippen molar-refractivity contribution in [1.82, 2.24) is 9.29 Å². The maximum atomic E-state index is 13.4. The average molecular weight is 406 g/mol. The van der Waals surface area contributed by atoms with Crippen molar-refractivity contribution < 1.29 is 31.1 Å². The lowest BCUT2D eigenvalue weighted by atomic mass is 10.1. The lowest BCUT2D eigenvalue weighted by molar-refractivity contribution is -0.141. The van der Waals surface area contributed by atoms with Crippen molar-refractivity contribution in [2.75, 3.05) is 43.9 Å². The van der Waals surface area contributed by atoms with Crippen molar-refractivity contribution in [3.05, 3.63) is 22.9 Å². The molecule has 0 bridgehead atoms. The van der Waals surface area contributed by atoms with Crippen LogP contribution in [0.1, 0.15) is 28.5 Å². The van der Waals surface area contributed by atoms with Gasteiger partial charge in [0.1, 0.15) is 11.9 Å². The molecule has 0 atom stereocenters. The van der Waals surface area contributed by atoms with Gasteiger partial charge >= 0.3 is 12.1 Å². The van der Waals surface area contributed by atoms with Crippen LogP contribution in [0.2, 0.25) is 0 Å². The monoisotopic (exact) mass is 406 g/mol. The number of hydrogen-bond donors (Lipinski definition) is 0. The number of nitrogens with zero attached hydrogens (tertiary/aromatic N) is 4. The Labute approximate surface area is 154 Å². The summed E-state index contributed by atoms with van der Waals surface area (Å²) in [5, 5.41) is 9.30. The molecule has 0 spiro atoms. The number of anilines is 1. The van der Waals surface area contributed by atoms with Gasteiger partial charge in [-0.3, -0.25) is 0 Å². The number of hydrogen-bond acceptors (Lipinski definition) is 7. The second-order valence-electron chi connectivity index (χ2n) is 5.73. The Hall–Kier alpha value is -2.39. The van der Waals surface area contributed by atoms with Gasteiger partial charge in [0.15, 0.2) is 5.69 Å². The number of aromatic nitrogens is 1. The molecule has 1 fully saturated rings. The zero-order valence-electron chi connectivity index (χ0n) is 14.6. The summed E-state index contributed by atoms with van der Waals surface area (Å²) in [6.07, 6.45) is -3.89. The van der Waals surface area contributed by atoms with E-state index in [0.717, 1.165) is 12.3 Å². The highest BCUT2D eigenvalue weighted by atomic mass is 32.2. The zero-order chi connectivity index (χ0) is 20.4. The van der Waals surface area contributed by atoms with Crippen molar-refractivity contribution in [1.29, 1.82) is 5.26 Å². The van der Waals surface area contributed by atoms with E-state index in [4.69, 9.17) is 0 Å². The SMILES string of the molecule is CCOC(=O)c1cc(C#N)c(N2CCN(S(C)(=O)=O)CC2)nc1C(F)(F)F.